The Morgan fingerprint density at radius 2 is 1.96 bits per heavy atom. The van der Waals surface area contributed by atoms with E-state index in [1.54, 1.807) is 13.4 Å². The van der Waals surface area contributed by atoms with Crippen LogP contribution in [-0.4, -0.2) is 46.3 Å². The van der Waals surface area contributed by atoms with Gasteiger partial charge in [0.05, 0.1) is 5.56 Å². The third kappa shape index (κ3) is 5.21. The number of guanidine groups is 1. The van der Waals surface area contributed by atoms with Crippen LogP contribution in [0.15, 0.2) is 35.6 Å². The number of aromatic nitrogens is 3. The van der Waals surface area contributed by atoms with Gasteiger partial charge >= 0.3 is 6.18 Å². The molecular weight excluding hydrogens is 345 g/mol. The number of aliphatic imine (C=N–C) groups is 1. The van der Waals surface area contributed by atoms with E-state index in [-0.39, 0.29) is 0 Å². The molecule has 0 saturated heterocycles. The zero-order valence-corrected chi connectivity index (χ0v) is 15.1. The maximum Gasteiger partial charge on any atom is 0.416 e. The molecule has 1 aromatic carbocycles. The van der Waals surface area contributed by atoms with Crippen LogP contribution in [0.1, 0.15) is 23.9 Å². The molecule has 9 heteroatoms. The molecule has 1 N–H and O–H groups in total. The molecule has 0 bridgehead atoms. The molecule has 1 aromatic heterocycles. The first-order chi connectivity index (χ1) is 12.3. The second-order valence-corrected chi connectivity index (χ2v) is 5.82. The Labute approximate surface area is 150 Å². The van der Waals surface area contributed by atoms with E-state index in [9.17, 15) is 13.2 Å². The molecule has 2 rings (SSSR count). The van der Waals surface area contributed by atoms with Crippen molar-refractivity contribution in [2.45, 2.75) is 32.6 Å². The Balaban J connectivity index is 1.89. The van der Waals surface area contributed by atoms with Crippen molar-refractivity contribution in [1.82, 2.24) is 25.0 Å². The summed E-state index contributed by atoms with van der Waals surface area (Å²) in [5, 5.41) is 11.2. The normalized spacial score (nSPS) is 12.3. The predicted octanol–water partition coefficient (Wildman–Crippen LogP) is 2.57. The van der Waals surface area contributed by atoms with E-state index in [0.29, 0.717) is 25.6 Å². The summed E-state index contributed by atoms with van der Waals surface area (Å²) in [6, 6.07) is 5.16. The van der Waals surface area contributed by atoms with Gasteiger partial charge in [0.2, 0.25) is 0 Å². The van der Waals surface area contributed by atoms with Crippen molar-refractivity contribution in [3.8, 4) is 0 Å². The molecule has 0 unspecified atom stereocenters. The van der Waals surface area contributed by atoms with Crippen LogP contribution < -0.4 is 5.32 Å². The number of alkyl halides is 3. The van der Waals surface area contributed by atoms with E-state index in [4.69, 9.17) is 0 Å². The van der Waals surface area contributed by atoms with E-state index in [1.165, 1.54) is 12.1 Å². The highest BCUT2D eigenvalue weighted by molar-refractivity contribution is 5.79. The van der Waals surface area contributed by atoms with Crippen LogP contribution in [0.4, 0.5) is 13.2 Å². The summed E-state index contributed by atoms with van der Waals surface area (Å²) >= 11 is 0. The fraction of sp³-hybridized carbons (Fsp3) is 0.471. The molecule has 0 aliphatic rings. The average Bonchev–Trinajstić information content (AvgIpc) is 3.05. The third-order valence-electron chi connectivity index (χ3n) is 3.92. The van der Waals surface area contributed by atoms with Crippen molar-refractivity contribution >= 4 is 5.96 Å². The molecule has 1 heterocycles. The molecule has 2 aromatic rings. The quantitative estimate of drug-likeness (QED) is 0.629. The number of hydrogen-bond acceptors (Lipinski definition) is 3. The van der Waals surface area contributed by atoms with Gasteiger partial charge in [0.15, 0.2) is 5.96 Å². The number of aryl methyl sites for hydroxylation is 1. The van der Waals surface area contributed by atoms with Crippen molar-refractivity contribution in [2.24, 2.45) is 4.99 Å². The summed E-state index contributed by atoms with van der Waals surface area (Å²) in [5.74, 6) is 1.58. The molecule has 0 aliphatic carbocycles. The van der Waals surface area contributed by atoms with E-state index in [1.807, 2.05) is 23.4 Å². The van der Waals surface area contributed by atoms with Crippen LogP contribution in [0.25, 0.3) is 0 Å². The van der Waals surface area contributed by atoms with Gasteiger partial charge < -0.3 is 14.8 Å². The molecule has 0 aliphatic heterocycles. The number of halogens is 3. The fourth-order valence-corrected chi connectivity index (χ4v) is 2.56. The van der Waals surface area contributed by atoms with Crippen LogP contribution in [0.2, 0.25) is 0 Å². The smallest absolute Gasteiger partial charge is 0.354 e. The van der Waals surface area contributed by atoms with E-state index >= 15 is 0 Å². The maximum absolute atomic E-state index is 12.6. The highest BCUT2D eigenvalue weighted by atomic mass is 19.4. The molecule has 0 saturated carbocycles. The van der Waals surface area contributed by atoms with Gasteiger partial charge in [-0.05, 0) is 17.7 Å². The fourth-order valence-electron chi connectivity index (χ4n) is 2.56. The molecule has 0 atom stereocenters. The predicted molar refractivity (Wildman–Crippen MR) is 93.7 cm³/mol. The Morgan fingerprint density at radius 3 is 2.54 bits per heavy atom. The molecular formula is C17H23F3N6. The Morgan fingerprint density at radius 1 is 1.27 bits per heavy atom. The first kappa shape index (κ1) is 19.7. The third-order valence-corrected chi connectivity index (χ3v) is 3.92. The minimum absolute atomic E-state index is 0.449. The minimum Gasteiger partial charge on any atom is -0.354 e. The number of benzene rings is 1. The molecule has 142 valence electrons. The van der Waals surface area contributed by atoms with Crippen molar-refractivity contribution in [2.75, 3.05) is 20.6 Å². The van der Waals surface area contributed by atoms with Gasteiger partial charge in [-0.1, -0.05) is 19.1 Å². The topological polar surface area (TPSA) is 58.3 Å². The Hall–Kier alpha value is -2.58. The van der Waals surface area contributed by atoms with Crippen molar-refractivity contribution < 1.29 is 13.2 Å². The summed E-state index contributed by atoms with van der Waals surface area (Å²) in [6.45, 7) is 3.80. The minimum atomic E-state index is -4.32. The van der Waals surface area contributed by atoms with Crippen molar-refractivity contribution in [3.05, 3.63) is 47.5 Å². The van der Waals surface area contributed by atoms with Gasteiger partial charge in [-0.2, -0.15) is 13.2 Å². The van der Waals surface area contributed by atoms with Gasteiger partial charge in [-0.15, -0.1) is 10.2 Å². The molecule has 6 nitrogen and oxygen atoms in total. The maximum atomic E-state index is 12.6. The van der Waals surface area contributed by atoms with Crippen molar-refractivity contribution in [3.63, 3.8) is 0 Å². The lowest BCUT2D eigenvalue weighted by Gasteiger charge is -2.22. The van der Waals surface area contributed by atoms with Crippen LogP contribution >= 0.6 is 0 Å². The monoisotopic (exact) mass is 368 g/mol. The van der Waals surface area contributed by atoms with Crippen LogP contribution in [0, 0.1) is 0 Å². The van der Waals surface area contributed by atoms with Gasteiger partial charge in [0.1, 0.15) is 12.2 Å². The first-order valence-electron chi connectivity index (χ1n) is 8.29. The second kappa shape index (κ2) is 8.68. The largest absolute Gasteiger partial charge is 0.416 e. The lowest BCUT2D eigenvalue weighted by Crippen LogP contribution is -2.39. The SMILES string of the molecule is CCc1nncn1CCNC(=NC)N(C)Cc1ccc(C(F)(F)F)cc1. The molecule has 0 amide bonds. The second-order valence-electron chi connectivity index (χ2n) is 5.82. The first-order valence-corrected chi connectivity index (χ1v) is 8.29. The van der Waals surface area contributed by atoms with E-state index in [2.05, 4.69) is 20.5 Å². The highest BCUT2D eigenvalue weighted by Gasteiger charge is 2.29. The summed E-state index contributed by atoms with van der Waals surface area (Å²) in [5.41, 5.74) is 0.127. The van der Waals surface area contributed by atoms with E-state index in [0.717, 1.165) is 29.9 Å². The van der Waals surface area contributed by atoms with Crippen LogP contribution in [0.3, 0.4) is 0 Å². The summed E-state index contributed by atoms with van der Waals surface area (Å²) in [7, 11) is 3.51. The number of nitrogens with zero attached hydrogens (tertiary/aromatic N) is 5. The summed E-state index contributed by atoms with van der Waals surface area (Å²) in [6.07, 6.45) is -1.82. The Bertz CT molecular complexity index is 721. The van der Waals surface area contributed by atoms with Gasteiger partial charge in [-0.3, -0.25) is 4.99 Å². The number of nitrogens with one attached hydrogen (secondary N) is 1. The standard InChI is InChI=1S/C17H23F3N6/c1-4-15-24-23-12-26(15)10-9-22-16(21-2)25(3)11-13-5-7-14(8-6-13)17(18,19)20/h5-8,12H,4,9-11H2,1-3H3,(H,21,22). The zero-order chi connectivity index (χ0) is 19.2. The van der Waals surface area contributed by atoms with Gasteiger partial charge in [-0.25, -0.2) is 0 Å². The zero-order valence-electron chi connectivity index (χ0n) is 15.1. The highest BCUT2D eigenvalue weighted by Crippen LogP contribution is 2.29. The average molecular weight is 368 g/mol. The van der Waals surface area contributed by atoms with E-state index < -0.39 is 11.7 Å². The summed E-state index contributed by atoms with van der Waals surface area (Å²) in [4.78, 5) is 6.07. The van der Waals surface area contributed by atoms with Crippen LogP contribution in [0.5, 0.6) is 0 Å². The molecule has 0 spiro atoms. The molecule has 26 heavy (non-hydrogen) atoms. The number of hydrogen-bond donors (Lipinski definition) is 1. The Kier molecular flexibility index (Phi) is 6.59. The molecule has 0 radical (unpaired) electrons. The number of rotatable bonds is 6. The summed E-state index contributed by atoms with van der Waals surface area (Å²) < 4.78 is 39.8. The lowest BCUT2D eigenvalue weighted by atomic mass is 10.1. The van der Waals surface area contributed by atoms with Gasteiger partial charge in [0, 0.05) is 40.2 Å². The van der Waals surface area contributed by atoms with Gasteiger partial charge in [0.25, 0.3) is 0 Å². The molecule has 0 fully saturated rings. The lowest BCUT2D eigenvalue weighted by molar-refractivity contribution is -0.137. The van der Waals surface area contributed by atoms with Crippen molar-refractivity contribution in [1.29, 1.82) is 0 Å². The van der Waals surface area contributed by atoms with Crippen LogP contribution in [-0.2, 0) is 25.7 Å².